The third-order valence-electron chi connectivity index (χ3n) is 5.23. The molecule has 1 aliphatic heterocycles. The Morgan fingerprint density at radius 3 is 2.36 bits per heavy atom. The molecule has 1 N–H and O–H groups in total. The normalized spacial score (nSPS) is 20.8. The predicted octanol–water partition coefficient (Wildman–Crippen LogP) is 3.40. The molecule has 0 bridgehead atoms. The van der Waals surface area contributed by atoms with Crippen molar-refractivity contribution in [2.45, 2.75) is 12.8 Å². The molecule has 0 aromatic heterocycles. The summed E-state index contributed by atoms with van der Waals surface area (Å²) in [5.41, 5.74) is 1.33. The summed E-state index contributed by atoms with van der Waals surface area (Å²) in [6.45, 7) is 0. The van der Waals surface area contributed by atoms with Crippen LogP contribution in [0.25, 0.3) is 0 Å². The van der Waals surface area contributed by atoms with Crippen molar-refractivity contribution in [3.05, 3.63) is 66.2 Å². The lowest BCUT2D eigenvalue weighted by Gasteiger charge is -2.16. The number of benzene rings is 2. The van der Waals surface area contributed by atoms with E-state index in [1.165, 1.54) is 12.0 Å². The van der Waals surface area contributed by atoms with Gasteiger partial charge in [0.25, 0.3) is 5.91 Å². The summed E-state index contributed by atoms with van der Waals surface area (Å²) in [6.07, 6.45) is 5.07. The summed E-state index contributed by atoms with van der Waals surface area (Å²) in [7, 11) is 1.53. The number of nitrogens with one attached hydrogen (secondary N) is 1. The fourth-order valence-corrected chi connectivity index (χ4v) is 3.78. The molecule has 6 nitrogen and oxygen atoms in total. The monoisotopic (exact) mass is 376 g/mol. The van der Waals surface area contributed by atoms with Crippen molar-refractivity contribution in [1.82, 2.24) is 0 Å². The lowest BCUT2D eigenvalue weighted by atomic mass is 9.85. The highest BCUT2D eigenvalue weighted by Crippen LogP contribution is 2.37. The number of para-hydroxylation sites is 2. The number of carbonyl (C=O) groups is 3. The van der Waals surface area contributed by atoms with Gasteiger partial charge in [-0.05, 0) is 43.2 Å². The second-order valence-corrected chi connectivity index (χ2v) is 6.87. The van der Waals surface area contributed by atoms with Crippen molar-refractivity contribution in [3.8, 4) is 5.75 Å². The van der Waals surface area contributed by atoms with Gasteiger partial charge in [-0.15, -0.1) is 0 Å². The topological polar surface area (TPSA) is 75.7 Å². The molecule has 2 aromatic carbocycles. The van der Waals surface area contributed by atoms with E-state index in [-0.39, 0.29) is 29.6 Å². The van der Waals surface area contributed by atoms with Gasteiger partial charge in [0.15, 0.2) is 0 Å². The van der Waals surface area contributed by atoms with Gasteiger partial charge < -0.3 is 10.1 Å². The SMILES string of the molecule is COc1ccccc1NC(=O)c1cccc(N2C(=O)[C@@H]3CC=CC[C@H]3C2=O)c1. The number of rotatable bonds is 4. The van der Waals surface area contributed by atoms with Crippen LogP contribution in [0.4, 0.5) is 11.4 Å². The van der Waals surface area contributed by atoms with E-state index in [9.17, 15) is 14.4 Å². The van der Waals surface area contributed by atoms with Crippen LogP contribution >= 0.6 is 0 Å². The molecular weight excluding hydrogens is 356 g/mol. The average Bonchev–Trinajstić information content (AvgIpc) is 2.99. The van der Waals surface area contributed by atoms with Gasteiger partial charge in [0, 0.05) is 5.56 Å². The Bertz CT molecular complexity index is 956. The van der Waals surface area contributed by atoms with Crippen LogP contribution in [0.15, 0.2) is 60.7 Å². The fourth-order valence-electron chi connectivity index (χ4n) is 3.78. The molecule has 142 valence electrons. The summed E-state index contributed by atoms with van der Waals surface area (Å²) in [4.78, 5) is 39.4. The minimum atomic E-state index is -0.343. The highest BCUT2D eigenvalue weighted by molar-refractivity contribution is 6.22. The van der Waals surface area contributed by atoms with Crippen molar-refractivity contribution in [3.63, 3.8) is 0 Å². The number of methoxy groups -OCH3 is 1. The van der Waals surface area contributed by atoms with Gasteiger partial charge in [0.1, 0.15) is 5.75 Å². The zero-order valence-corrected chi connectivity index (χ0v) is 15.4. The number of ether oxygens (including phenoxy) is 1. The third-order valence-corrected chi connectivity index (χ3v) is 5.23. The quantitative estimate of drug-likeness (QED) is 0.655. The molecule has 0 saturated carbocycles. The number of nitrogens with zero attached hydrogens (tertiary/aromatic N) is 1. The number of anilines is 2. The lowest BCUT2D eigenvalue weighted by molar-refractivity contribution is -0.122. The highest BCUT2D eigenvalue weighted by Gasteiger charge is 2.47. The Morgan fingerprint density at radius 2 is 1.68 bits per heavy atom. The van der Waals surface area contributed by atoms with Crippen molar-refractivity contribution >= 4 is 29.1 Å². The van der Waals surface area contributed by atoms with Gasteiger partial charge in [-0.25, -0.2) is 0 Å². The molecule has 1 heterocycles. The van der Waals surface area contributed by atoms with Crippen LogP contribution in [-0.2, 0) is 9.59 Å². The van der Waals surface area contributed by atoms with E-state index < -0.39 is 0 Å². The zero-order valence-electron chi connectivity index (χ0n) is 15.4. The highest BCUT2D eigenvalue weighted by atomic mass is 16.5. The number of carbonyl (C=O) groups excluding carboxylic acids is 3. The number of fused-ring (bicyclic) bond motifs is 1. The van der Waals surface area contributed by atoms with E-state index in [1.54, 1.807) is 42.5 Å². The Kier molecular flexibility index (Phi) is 4.69. The van der Waals surface area contributed by atoms with Crippen LogP contribution in [0.2, 0.25) is 0 Å². The Labute approximate surface area is 162 Å². The molecule has 3 amide bonds. The molecule has 2 aliphatic rings. The molecule has 1 aliphatic carbocycles. The maximum Gasteiger partial charge on any atom is 0.255 e. The van der Waals surface area contributed by atoms with Crippen LogP contribution < -0.4 is 15.0 Å². The van der Waals surface area contributed by atoms with Crippen LogP contribution in [0.1, 0.15) is 23.2 Å². The maximum atomic E-state index is 12.8. The van der Waals surface area contributed by atoms with E-state index in [4.69, 9.17) is 4.74 Å². The summed E-state index contributed by atoms with van der Waals surface area (Å²) < 4.78 is 5.25. The molecule has 1 saturated heterocycles. The Balaban J connectivity index is 1.59. The average molecular weight is 376 g/mol. The molecule has 0 unspecified atom stereocenters. The van der Waals surface area contributed by atoms with Crippen molar-refractivity contribution < 1.29 is 19.1 Å². The molecule has 6 heteroatoms. The van der Waals surface area contributed by atoms with Crippen molar-refractivity contribution in [1.29, 1.82) is 0 Å². The van der Waals surface area contributed by atoms with Crippen molar-refractivity contribution in [2.75, 3.05) is 17.3 Å². The van der Waals surface area contributed by atoms with E-state index in [0.717, 1.165) is 0 Å². The molecule has 2 atom stereocenters. The molecule has 1 fully saturated rings. The largest absolute Gasteiger partial charge is 0.495 e. The summed E-state index contributed by atoms with van der Waals surface area (Å²) in [5, 5.41) is 2.81. The van der Waals surface area contributed by atoms with E-state index in [1.807, 2.05) is 18.2 Å². The third kappa shape index (κ3) is 3.07. The fraction of sp³-hybridized carbons (Fsp3) is 0.227. The van der Waals surface area contributed by atoms with Gasteiger partial charge in [-0.3, -0.25) is 19.3 Å². The minimum Gasteiger partial charge on any atom is -0.495 e. The van der Waals surface area contributed by atoms with E-state index in [2.05, 4.69) is 5.32 Å². The molecule has 0 radical (unpaired) electrons. The minimum absolute atomic E-state index is 0.193. The first kappa shape index (κ1) is 18.0. The Morgan fingerprint density at radius 1 is 1.00 bits per heavy atom. The Hall–Kier alpha value is -3.41. The van der Waals surface area contributed by atoms with Gasteiger partial charge in [0.05, 0.1) is 30.3 Å². The van der Waals surface area contributed by atoms with Gasteiger partial charge in [-0.2, -0.15) is 0 Å². The maximum absolute atomic E-state index is 12.8. The smallest absolute Gasteiger partial charge is 0.255 e. The van der Waals surface area contributed by atoms with Crippen LogP contribution in [0, 0.1) is 11.8 Å². The van der Waals surface area contributed by atoms with Crippen LogP contribution in [0.5, 0.6) is 5.75 Å². The standard InChI is InChI=1S/C22H20N2O4/c1-28-19-12-5-4-11-18(19)23-20(25)14-7-6-8-15(13-14)24-21(26)16-9-2-3-10-17(16)22(24)27/h2-8,11-13,16-17H,9-10H2,1H3,(H,23,25)/t16-,17-/m1/s1. The number of hydrogen-bond acceptors (Lipinski definition) is 4. The van der Waals surface area contributed by atoms with Gasteiger partial charge in [-0.1, -0.05) is 30.4 Å². The number of allylic oxidation sites excluding steroid dienone is 2. The molecule has 4 rings (SSSR count). The van der Waals surface area contributed by atoms with Crippen LogP contribution in [0.3, 0.4) is 0 Å². The molecular formula is C22H20N2O4. The summed E-state index contributed by atoms with van der Waals surface area (Å²) >= 11 is 0. The first-order valence-electron chi connectivity index (χ1n) is 9.17. The zero-order chi connectivity index (χ0) is 19.7. The van der Waals surface area contributed by atoms with Gasteiger partial charge >= 0.3 is 0 Å². The first-order valence-corrected chi connectivity index (χ1v) is 9.17. The van der Waals surface area contributed by atoms with E-state index in [0.29, 0.717) is 35.5 Å². The second kappa shape index (κ2) is 7.31. The lowest BCUT2D eigenvalue weighted by Crippen LogP contribution is -2.31. The van der Waals surface area contributed by atoms with E-state index >= 15 is 0 Å². The summed E-state index contributed by atoms with van der Waals surface area (Å²) in [5.74, 6) is -0.784. The summed E-state index contributed by atoms with van der Waals surface area (Å²) in [6, 6.07) is 13.7. The number of amides is 3. The number of imide groups is 1. The second-order valence-electron chi connectivity index (χ2n) is 6.87. The molecule has 0 spiro atoms. The number of hydrogen-bond donors (Lipinski definition) is 1. The predicted molar refractivity (Wildman–Crippen MR) is 105 cm³/mol. The first-order chi connectivity index (χ1) is 13.6. The molecule has 28 heavy (non-hydrogen) atoms. The molecule has 2 aromatic rings. The van der Waals surface area contributed by atoms with Gasteiger partial charge in [0.2, 0.25) is 11.8 Å². The van der Waals surface area contributed by atoms with Crippen LogP contribution in [-0.4, -0.2) is 24.8 Å². The van der Waals surface area contributed by atoms with Crippen molar-refractivity contribution in [2.24, 2.45) is 11.8 Å².